The van der Waals surface area contributed by atoms with E-state index in [1.54, 1.807) is 0 Å². The van der Waals surface area contributed by atoms with Gasteiger partial charge < -0.3 is 10.0 Å². The summed E-state index contributed by atoms with van der Waals surface area (Å²) >= 11 is 1.37. The molecule has 1 heterocycles. The summed E-state index contributed by atoms with van der Waals surface area (Å²) in [6.07, 6.45) is 1.84. The van der Waals surface area contributed by atoms with Gasteiger partial charge in [-0.3, -0.25) is 9.59 Å². The van der Waals surface area contributed by atoms with Crippen LogP contribution in [0.15, 0.2) is 11.4 Å². The molecule has 5 heteroatoms. The van der Waals surface area contributed by atoms with Crippen molar-refractivity contribution in [3.05, 3.63) is 21.9 Å². The van der Waals surface area contributed by atoms with Gasteiger partial charge in [0.15, 0.2) is 0 Å². The van der Waals surface area contributed by atoms with Crippen LogP contribution in [0.4, 0.5) is 0 Å². The van der Waals surface area contributed by atoms with Crippen molar-refractivity contribution in [2.45, 2.75) is 25.8 Å². The lowest BCUT2D eigenvalue weighted by Crippen LogP contribution is -2.37. The minimum atomic E-state index is -0.950. The first-order chi connectivity index (χ1) is 7.59. The Bertz CT molecular complexity index is 423. The van der Waals surface area contributed by atoms with Crippen LogP contribution in [0.5, 0.6) is 0 Å². The molecule has 1 aromatic heterocycles. The van der Waals surface area contributed by atoms with Gasteiger partial charge >= 0.3 is 5.97 Å². The highest BCUT2D eigenvalue weighted by Crippen LogP contribution is 2.29. The predicted molar refractivity (Wildman–Crippen MR) is 60.8 cm³/mol. The van der Waals surface area contributed by atoms with Crippen LogP contribution in [0, 0.1) is 6.92 Å². The molecule has 2 rings (SSSR count). The summed E-state index contributed by atoms with van der Waals surface area (Å²) in [5, 5.41) is 10.6. The van der Waals surface area contributed by atoms with E-state index in [2.05, 4.69) is 0 Å². The van der Waals surface area contributed by atoms with E-state index in [0.717, 1.165) is 18.4 Å². The normalized spacial score (nSPS) is 14.8. The van der Waals surface area contributed by atoms with E-state index < -0.39 is 5.97 Å². The van der Waals surface area contributed by atoms with Crippen LogP contribution < -0.4 is 0 Å². The average molecular weight is 239 g/mol. The zero-order valence-electron chi connectivity index (χ0n) is 8.97. The second-order valence-corrected chi connectivity index (χ2v) is 4.91. The van der Waals surface area contributed by atoms with Gasteiger partial charge in [-0.05, 0) is 36.8 Å². The Labute approximate surface area is 97.5 Å². The molecule has 1 aromatic rings. The van der Waals surface area contributed by atoms with Crippen LogP contribution in [0.25, 0.3) is 0 Å². The van der Waals surface area contributed by atoms with Gasteiger partial charge in [0.2, 0.25) is 0 Å². The van der Waals surface area contributed by atoms with Gasteiger partial charge in [0.1, 0.15) is 6.54 Å². The van der Waals surface area contributed by atoms with Gasteiger partial charge in [0, 0.05) is 6.04 Å². The minimum Gasteiger partial charge on any atom is -0.480 e. The first-order valence-electron chi connectivity index (χ1n) is 5.16. The zero-order chi connectivity index (χ0) is 11.7. The summed E-state index contributed by atoms with van der Waals surface area (Å²) in [6, 6.07) is 2.01. The van der Waals surface area contributed by atoms with Crippen molar-refractivity contribution < 1.29 is 14.7 Å². The van der Waals surface area contributed by atoms with E-state index in [-0.39, 0.29) is 18.5 Å². The SMILES string of the molecule is Cc1ccsc1C(=O)N(CC(=O)O)C1CC1. The molecule has 86 valence electrons. The molecule has 0 aromatic carbocycles. The molecular weight excluding hydrogens is 226 g/mol. The lowest BCUT2D eigenvalue weighted by Gasteiger charge is -2.19. The van der Waals surface area contributed by atoms with E-state index in [1.807, 2.05) is 18.4 Å². The third-order valence-corrected chi connectivity index (χ3v) is 3.61. The van der Waals surface area contributed by atoms with Crippen LogP contribution in [-0.4, -0.2) is 34.5 Å². The lowest BCUT2D eigenvalue weighted by atomic mass is 10.2. The predicted octanol–water partition coefficient (Wildman–Crippen LogP) is 1.75. The molecule has 0 spiro atoms. The number of aryl methyl sites for hydroxylation is 1. The maximum absolute atomic E-state index is 12.1. The summed E-state index contributed by atoms with van der Waals surface area (Å²) in [4.78, 5) is 25.0. The van der Waals surface area contributed by atoms with Crippen molar-refractivity contribution in [1.82, 2.24) is 4.90 Å². The number of carboxylic acids is 1. The Balaban J connectivity index is 2.17. The largest absolute Gasteiger partial charge is 0.480 e. The molecule has 16 heavy (non-hydrogen) atoms. The zero-order valence-corrected chi connectivity index (χ0v) is 9.79. The standard InChI is InChI=1S/C11H13NO3S/c1-7-4-5-16-10(7)11(15)12(6-9(13)14)8-2-3-8/h4-5,8H,2-3,6H2,1H3,(H,13,14). The van der Waals surface area contributed by atoms with E-state index in [0.29, 0.717) is 4.88 Å². The van der Waals surface area contributed by atoms with E-state index in [9.17, 15) is 9.59 Å². The molecule has 0 atom stereocenters. The lowest BCUT2D eigenvalue weighted by molar-refractivity contribution is -0.137. The molecule has 1 saturated carbocycles. The topological polar surface area (TPSA) is 57.6 Å². The molecule has 1 aliphatic rings. The number of amides is 1. The molecule has 0 bridgehead atoms. The molecule has 1 aliphatic carbocycles. The fourth-order valence-corrected chi connectivity index (χ4v) is 2.50. The quantitative estimate of drug-likeness (QED) is 0.870. The molecular formula is C11H13NO3S. The Morgan fingerprint density at radius 1 is 1.56 bits per heavy atom. The summed E-state index contributed by atoms with van der Waals surface area (Å²) in [7, 11) is 0. The van der Waals surface area contributed by atoms with Crippen LogP contribution in [-0.2, 0) is 4.79 Å². The summed E-state index contributed by atoms with van der Waals surface area (Å²) in [5.74, 6) is -1.09. The van der Waals surface area contributed by atoms with Crippen LogP contribution in [0.2, 0.25) is 0 Å². The second kappa shape index (κ2) is 4.25. The number of hydrogen-bond acceptors (Lipinski definition) is 3. The smallest absolute Gasteiger partial charge is 0.323 e. The van der Waals surface area contributed by atoms with Gasteiger partial charge in [0.25, 0.3) is 5.91 Å². The Morgan fingerprint density at radius 3 is 2.69 bits per heavy atom. The van der Waals surface area contributed by atoms with Crippen molar-refractivity contribution in [3.8, 4) is 0 Å². The van der Waals surface area contributed by atoms with Crippen molar-refractivity contribution in [3.63, 3.8) is 0 Å². The Morgan fingerprint density at radius 2 is 2.25 bits per heavy atom. The summed E-state index contributed by atoms with van der Waals surface area (Å²) in [5.41, 5.74) is 0.922. The fraction of sp³-hybridized carbons (Fsp3) is 0.455. The minimum absolute atomic E-state index is 0.130. The van der Waals surface area contributed by atoms with Crippen LogP contribution in [0.1, 0.15) is 28.1 Å². The number of carbonyl (C=O) groups excluding carboxylic acids is 1. The van der Waals surface area contributed by atoms with Gasteiger partial charge in [-0.1, -0.05) is 0 Å². The third-order valence-electron chi connectivity index (χ3n) is 2.61. The second-order valence-electron chi connectivity index (χ2n) is 3.99. The van der Waals surface area contributed by atoms with Crippen molar-refractivity contribution in [2.75, 3.05) is 6.54 Å². The monoisotopic (exact) mass is 239 g/mol. The number of carboxylic acid groups (broad SMARTS) is 1. The highest BCUT2D eigenvalue weighted by molar-refractivity contribution is 7.12. The Kier molecular flexibility index (Phi) is 2.96. The average Bonchev–Trinajstić information content (AvgIpc) is 2.97. The first-order valence-corrected chi connectivity index (χ1v) is 6.04. The molecule has 4 nitrogen and oxygen atoms in total. The number of aliphatic carboxylic acids is 1. The van der Waals surface area contributed by atoms with Gasteiger partial charge in [-0.2, -0.15) is 0 Å². The number of carbonyl (C=O) groups is 2. The molecule has 1 N–H and O–H groups in total. The molecule has 1 amide bonds. The maximum Gasteiger partial charge on any atom is 0.323 e. The van der Waals surface area contributed by atoms with Gasteiger partial charge in [-0.15, -0.1) is 11.3 Å². The van der Waals surface area contributed by atoms with E-state index in [4.69, 9.17) is 5.11 Å². The number of nitrogens with zero attached hydrogens (tertiary/aromatic N) is 1. The molecule has 0 radical (unpaired) electrons. The summed E-state index contributed by atoms with van der Waals surface area (Å²) < 4.78 is 0. The van der Waals surface area contributed by atoms with Crippen molar-refractivity contribution in [1.29, 1.82) is 0 Å². The number of hydrogen-bond donors (Lipinski definition) is 1. The Hall–Kier alpha value is -1.36. The molecule has 0 saturated heterocycles. The molecule has 1 fully saturated rings. The van der Waals surface area contributed by atoms with Crippen LogP contribution in [0.3, 0.4) is 0 Å². The van der Waals surface area contributed by atoms with Crippen LogP contribution >= 0.6 is 11.3 Å². The van der Waals surface area contributed by atoms with Gasteiger partial charge in [0.05, 0.1) is 4.88 Å². The highest BCUT2D eigenvalue weighted by Gasteiger charge is 2.35. The molecule has 0 unspecified atom stereocenters. The molecule has 0 aliphatic heterocycles. The fourth-order valence-electron chi connectivity index (χ4n) is 1.62. The van der Waals surface area contributed by atoms with Crippen molar-refractivity contribution in [2.24, 2.45) is 0 Å². The number of thiophene rings is 1. The number of rotatable bonds is 4. The first kappa shape index (κ1) is 11.1. The highest BCUT2D eigenvalue weighted by atomic mass is 32.1. The van der Waals surface area contributed by atoms with Crippen molar-refractivity contribution >= 4 is 23.2 Å². The third kappa shape index (κ3) is 2.24. The summed E-state index contributed by atoms with van der Waals surface area (Å²) in [6.45, 7) is 1.68. The maximum atomic E-state index is 12.1. The van der Waals surface area contributed by atoms with E-state index in [1.165, 1.54) is 16.2 Å². The van der Waals surface area contributed by atoms with E-state index >= 15 is 0 Å². The van der Waals surface area contributed by atoms with Gasteiger partial charge in [-0.25, -0.2) is 0 Å².